The maximum Gasteiger partial charge on any atom is 0.335 e. The van der Waals surface area contributed by atoms with E-state index in [0.717, 1.165) is 55.9 Å². The Labute approximate surface area is 244 Å². The van der Waals surface area contributed by atoms with Gasteiger partial charge in [0.1, 0.15) is 17.3 Å². The molecule has 12 heteroatoms. The summed E-state index contributed by atoms with van der Waals surface area (Å²) < 4.78 is 32.3. The van der Waals surface area contributed by atoms with Gasteiger partial charge in [-0.3, -0.25) is 0 Å². The van der Waals surface area contributed by atoms with Gasteiger partial charge in [0, 0.05) is 29.1 Å². The van der Waals surface area contributed by atoms with Crippen LogP contribution in [0.1, 0.15) is 66.1 Å². The van der Waals surface area contributed by atoms with Gasteiger partial charge in [0.2, 0.25) is 0 Å². The van der Waals surface area contributed by atoms with E-state index < -0.39 is 11.8 Å². The van der Waals surface area contributed by atoms with Crippen LogP contribution in [0.15, 0.2) is 45.4 Å². The average molecular weight is 599 g/mol. The molecule has 0 amide bonds. The number of rotatable bonds is 8. The highest BCUT2D eigenvalue weighted by Gasteiger charge is 2.44. The van der Waals surface area contributed by atoms with Gasteiger partial charge in [-0.15, -0.1) is 0 Å². The Morgan fingerprint density at radius 3 is 2.44 bits per heavy atom. The molecular formula is C29H25Cl2FN4O5. The van der Waals surface area contributed by atoms with E-state index in [-0.39, 0.29) is 35.2 Å². The second kappa shape index (κ2) is 10.4. The molecule has 4 heterocycles. The first-order valence-electron chi connectivity index (χ1n) is 13.6. The lowest BCUT2D eigenvalue weighted by Crippen LogP contribution is -2.46. The Morgan fingerprint density at radius 1 is 1.05 bits per heavy atom. The molecule has 2 aromatic heterocycles. The summed E-state index contributed by atoms with van der Waals surface area (Å²) in [6.45, 7) is 0.342. The number of aromatic carboxylic acids is 1. The minimum Gasteiger partial charge on any atom is -0.478 e. The van der Waals surface area contributed by atoms with Gasteiger partial charge in [-0.25, -0.2) is 9.18 Å². The second-order valence-corrected chi connectivity index (χ2v) is 11.7. The molecule has 1 N–H and O–H groups in total. The van der Waals surface area contributed by atoms with Gasteiger partial charge in [0.25, 0.3) is 11.8 Å². The minimum absolute atomic E-state index is 0.00708. The van der Waals surface area contributed by atoms with Crippen LogP contribution in [0.3, 0.4) is 0 Å². The highest BCUT2D eigenvalue weighted by Crippen LogP contribution is 2.47. The van der Waals surface area contributed by atoms with Crippen LogP contribution < -0.4 is 4.90 Å². The smallest absolute Gasteiger partial charge is 0.335 e. The molecule has 212 valence electrons. The summed E-state index contributed by atoms with van der Waals surface area (Å²) in [5.41, 5.74) is 2.10. The predicted octanol–water partition coefficient (Wildman–Crippen LogP) is 7.13. The zero-order valence-electron chi connectivity index (χ0n) is 21.7. The summed E-state index contributed by atoms with van der Waals surface area (Å²) in [6, 6.07) is 9.27. The average Bonchev–Trinajstić information content (AvgIpc) is 3.42. The van der Waals surface area contributed by atoms with Crippen LogP contribution in [0, 0.1) is 5.82 Å². The van der Waals surface area contributed by atoms with Crippen molar-refractivity contribution < 1.29 is 28.1 Å². The molecule has 7 rings (SSSR count). The highest BCUT2D eigenvalue weighted by atomic mass is 35.5. The summed E-state index contributed by atoms with van der Waals surface area (Å²) in [5.74, 6) is -0.338. The number of carboxylic acid groups (broad SMARTS) is 1. The van der Waals surface area contributed by atoms with E-state index in [4.69, 9.17) is 42.1 Å². The van der Waals surface area contributed by atoms with Crippen LogP contribution in [-0.4, -0.2) is 44.6 Å². The van der Waals surface area contributed by atoms with Crippen molar-refractivity contribution in [2.75, 3.05) is 4.90 Å². The number of carboxylic acids is 1. The molecule has 0 radical (unpaired) electrons. The van der Waals surface area contributed by atoms with Gasteiger partial charge in [-0.1, -0.05) is 34.4 Å². The van der Waals surface area contributed by atoms with Gasteiger partial charge in [-0.2, -0.15) is 4.98 Å². The van der Waals surface area contributed by atoms with E-state index in [9.17, 15) is 9.18 Å². The molecule has 1 saturated carbocycles. The second-order valence-electron chi connectivity index (χ2n) is 10.8. The molecule has 2 bridgehead atoms. The number of halogens is 3. The van der Waals surface area contributed by atoms with Crippen molar-refractivity contribution in [3.63, 3.8) is 0 Å². The van der Waals surface area contributed by atoms with Gasteiger partial charge in [-0.05, 0) is 74.0 Å². The Kier molecular flexibility index (Phi) is 6.72. The largest absolute Gasteiger partial charge is 0.478 e. The van der Waals surface area contributed by atoms with E-state index in [1.54, 1.807) is 18.2 Å². The van der Waals surface area contributed by atoms with Gasteiger partial charge in [0.05, 0.1) is 33.9 Å². The summed E-state index contributed by atoms with van der Waals surface area (Å²) in [7, 11) is 0. The van der Waals surface area contributed by atoms with Crippen LogP contribution in [0.2, 0.25) is 10.0 Å². The third-order valence-electron chi connectivity index (χ3n) is 8.21. The molecule has 41 heavy (non-hydrogen) atoms. The van der Waals surface area contributed by atoms with Gasteiger partial charge >= 0.3 is 5.97 Å². The molecule has 0 spiro atoms. The summed E-state index contributed by atoms with van der Waals surface area (Å²) >= 11 is 13.0. The quantitative estimate of drug-likeness (QED) is 0.226. The lowest BCUT2D eigenvalue weighted by Gasteiger charge is -2.37. The number of carbonyl (C=O) groups is 1. The first-order chi connectivity index (χ1) is 19.9. The number of fused-ring (bicyclic) bond motifs is 2. The first-order valence-corrected chi connectivity index (χ1v) is 14.3. The number of anilines is 1. The molecule has 9 nitrogen and oxygen atoms in total. The zero-order chi connectivity index (χ0) is 28.2. The number of nitrogens with zero attached hydrogens (tertiary/aromatic N) is 4. The molecule has 3 aliphatic rings. The molecule has 2 saturated heterocycles. The van der Waals surface area contributed by atoms with Crippen molar-refractivity contribution >= 4 is 35.1 Å². The standard InChI is InChI=1S/C29H25Cl2FN4O5/c30-21-2-1-3-22(31)24(21)25-20(26(40-34-25)14-4-5-14)13-39-18-11-16-7-8-17(12-18)36(16)29-33-27(41-35-29)19-9-6-15(28(37)38)10-23(19)32/h1-3,6,9-10,14,16-18H,4-5,7-8,11-13H2,(H,37,38)/t16-,17+,18+. The molecule has 1 aliphatic carbocycles. The lowest BCUT2D eigenvalue weighted by molar-refractivity contribution is 0.0144. The van der Waals surface area contributed by atoms with Crippen molar-refractivity contribution in [2.24, 2.45) is 0 Å². The Morgan fingerprint density at radius 2 is 1.78 bits per heavy atom. The number of piperidine rings is 1. The van der Waals surface area contributed by atoms with Crippen LogP contribution in [0.4, 0.5) is 10.3 Å². The lowest BCUT2D eigenvalue weighted by atomic mass is 9.99. The molecule has 0 unspecified atom stereocenters. The van der Waals surface area contributed by atoms with E-state index in [1.807, 2.05) is 0 Å². The van der Waals surface area contributed by atoms with Crippen molar-refractivity contribution in [3.05, 3.63) is 69.1 Å². The number of hydrogen-bond acceptors (Lipinski definition) is 8. The van der Waals surface area contributed by atoms with Gasteiger partial charge < -0.3 is 23.8 Å². The first kappa shape index (κ1) is 26.4. The fraction of sp³-hybridized carbons (Fsp3) is 0.379. The van der Waals surface area contributed by atoms with Crippen LogP contribution in [0.25, 0.3) is 22.7 Å². The van der Waals surface area contributed by atoms with Crippen molar-refractivity contribution in [2.45, 2.75) is 69.2 Å². The van der Waals surface area contributed by atoms with Crippen LogP contribution >= 0.6 is 23.2 Å². The van der Waals surface area contributed by atoms with Crippen molar-refractivity contribution in [1.29, 1.82) is 0 Å². The fourth-order valence-electron chi connectivity index (χ4n) is 6.09. The number of benzene rings is 2. The number of hydrogen-bond donors (Lipinski definition) is 1. The van der Waals surface area contributed by atoms with Crippen LogP contribution in [-0.2, 0) is 11.3 Å². The number of aromatic nitrogens is 3. The number of ether oxygens (including phenoxy) is 1. The van der Waals surface area contributed by atoms with E-state index in [1.165, 1.54) is 12.1 Å². The maximum absolute atomic E-state index is 14.6. The SMILES string of the molecule is O=C(O)c1ccc(-c2nc(N3[C@@H]4CC[C@H]3C[C@@H](OCc3c(-c5c(Cl)cccc5Cl)noc3C3CC3)C4)no2)c(F)c1. The molecule has 3 fully saturated rings. The Hall–Kier alpha value is -3.47. The maximum atomic E-state index is 14.6. The van der Waals surface area contributed by atoms with Gasteiger partial charge in [0.15, 0.2) is 0 Å². The summed E-state index contributed by atoms with van der Waals surface area (Å²) in [5, 5.41) is 18.6. The minimum atomic E-state index is -1.21. The monoisotopic (exact) mass is 598 g/mol. The summed E-state index contributed by atoms with van der Waals surface area (Å²) in [4.78, 5) is 17.7. The predicted molar refractivity (Wildman–Crippen MR) is 148 cm³/mol. The van der Waals surface area contributed by atoms with Crippen molar-refractivity contribution in [3.8, 4) is 22.7 Å². The summed E-state index contributed by atoms with van der Waals surface area (Å²) in [6.07, 6.45) is 5.57. The third kappa shape index (κ3) is 4.87. The molecule has 2 aliphatic heterocycles. The van der Waals surface area contributed by atoms with Crippen molar-refractivity contribution in [1.82, 2.24) is 15.3 Å². The third-order valence-corrected chi connectivity index (χ3v) is 8.84. The molecular weight excluding hydrogens is 574 g/mol. The highest BCUT2D eigenvalue weighted by molar-refractivity contribution is 6.39. The molecule has 2 aromatic carbocycles. The fourth-order valence-corrected chi connectivity index (χ4v) is 6.67. The molecule has 3 atom stereocenters. The molecule has 4 aromatic rings. The Bertz CT molecular complexity index is 1600. The van der Waals surface area contributed by atoms with E-state index in [0.29, 0.717) is 39.8 Å². The zero-order valence-corrected chi connectivity index (χ0v) is 23.2. The topological polar surface area (TPSA) is 115 Å². The Balaban J connectivity index is 1.07. The normalized spacial score (nSPS) is 21.9. The van der Waals surface area contributed by atoms with Crippen LogP contribution in [0.5, 0.6) is 0 Å². The van der Waals surface area contributed by atoms with E-state index >= 15 is 0 Å². The van der Waals surface area contributed by atoms with E-state index in [2.05, 4.69) is 20.2 Å².